The van der Waals surface area contributed by atoms with E-state index in [0.29, 0.717) is 28.1 Å². The summed E-state index contributed by atoms with van der Waals surface area (Å²) in [6, 6.07) is 13.4. The van der Waals surface area contributed by atoms with Crippen LogP contribution in [0.3, 0.4) is 0 Å². The molecule has 0 fully saturated rings. The molecule has 3 rings (SSSR count). The van der Waals surface area contributed by atoms with Gasteiger partial charge in [0.2, 0.25) is 0 Å². The lowest BCUT2D eigenvalue weighted by molar-refractivity contribution is 0.262. The molecule has 0 unspecified atom stereocenters. The number of amides is 2. The molecule has 1 heterocycles. The minimum atomic E-state index is -0.635. The first-order valence-corrected chi connectivity index (χ1v) is 7.58. The van der Waals surface area contributed by atoms with Crippen molar-refractivity contribution in [3.63, 3.8) is 0 Å². The lowest BCUT2D eigenvalue weighted by atomic mass is 10.2. The number of carbonyl (C=O) groups excluding carboxylic acids is 1. The Morgan fingerprint density at radius 3 is 2.60 bits per heavy atom. The summed E-state index contributed by atoms with van der Waals surface area (Å²) in [7, 11) is 3.21. The Balaban J connectivity index is 1.90. The summed E-state index contributed by atoms with van der Waals surface area (Å²) < 4.78 is 10.4. The minimum absolute atomic E-state index is 0.0431. The van der Waals surface area contributed by atoms with Crippen molar-refractivity contribution in [3.05, 3.63) is 59.0 Å². The third-order valence-electron chi connectivity index (χ3n) is 3.63. The van der Waals surface area contributed by atoms with Gasteiger partial charge in [0.05, 0.1) is 12.8 Å². The SMILES string of the molecule is CNc1c(NC(=O)Nc2cccc(OC)c2)c(=O)oc2ccccc12. The number of hydrogen-bond donors (Lipinski definition) is 3. The Hall–Kier alpha value is -3.48. The molecule has 0 saturated carbocycles. The number of urea groups is 1. The second-order valence-electron chi connectivity index (χ2n) is 5.20. The maximum absolute atomic E-state index is 12.3. The van der Waals surface area contributed by atoms with Crippen molar-refractivity contribution >= 4 is 34.1 Å². The van der Waals surface area contributed by atoms with Crippen LogP contribution in [0.25, 0.3) is 11.0 Å². The molecule has 0 atom stereocenters. The third kappa shape index (κ3) is 3.40. The molecular weight excluding hydrogens is 322 g/mol. The molecule has 25 heavy (non-hydrogen) atoms. The second-order valence-corrected chi connectivity index (χ2v) is 5.20. The van der Waals surface area contributed by atoms with Crippen LogP contribution >= 0.6 is 0 Å². The molecule has 0 saturated heterocycles. The number of ether oxygens (including phenoxy) is 1. The molecule has 2 amide bonds. The first kappa shape index (κ1) is 16.4. The average Bonchev–Trinajstić information content (AvgIpc) is 2.62. The molecule has 3 N–H and O–H groups in total. The van der Waals surface area contributed by atoms with E-state index >= 15 is 0 Å². The van der Waals surface area contributed by atoms with E-state index in [1.54, 1.807) is 56.6 Å². The van der Waals surface area contributed by atoms with Gasteiger partial charge in [0, 0.05) is 24.2 Å². The summed E-state index contributed by atoms with van der Waals surface area (Å²) in [5, 5.41) is 8.84. The van der Waals surface area contributed by atoms with Gasteiger partial charge in [-0.15, -0.1) is 0 Å². The van der Waals surface area contributed by atoms with E-state index in [4.69, 9.17) is 9.15 Å². The van der Waals surface area contributed by atoms with Crippen LogP contribution in [-0.2, 0) is 0 Å². The third-order valence-corrected chi connectivity index (χ3v) is 3.63. The van der Waals surface area contributed by atoms with Crippen molar-refractivity contribution in [1.29, 1.82) is 0 Å². The number of nitrogens with one attached hydrogen (secondary N) is 3. The highest BCUT2D eigenvalue weighted by molar-refractivity contribution is 6.05. The normalized spacial score (nSPS) is 10.3. The molecule has 0 aliphatic heterocycles. The maximum Gasteiger partial charge on any atom is 0.362 e. The summed E-state index contributed by atoms with van der Waals surface area (Å²) in [4.78, 5) is 24.5. The van der Waals surface area contributed by atoms with E-state index in [-0.39, 0.29) is 5.69 Å². The van der Waals surface area contributed by atoms with E-state index in [1.165, 1.54) is 0 Å². The van der Waals surface area contributed by atoms with Crippen LogP contribution in [0.4, 0.5) is 21.9 Å². The quantitative estimate of drug-likeness (QED) is 0.633. The number of fused-ring (bicyclic) bond motifs is 1. The molecule has 3 aromatic rings. The number of anilines is 3. The number of rotatable bonds is 4. The number of carbonyl (C=O) groups is 1. The zero-order valence-corrected chi connectivity index (χ0v) is 13.8. The molecule has 0 aliphatic carbocycles. The van der Waals surface area contributed by atoms with Gasteiger partial charge in [0.15, 0.2) is 5.69 Å². The molecule has 0 radical (unpaired) electrons. The molecule has 128 valence electrons. The van der Waals surface area contributed by atoms with Gasteiger partial charge < -0.3 is 19.8 Å². The summed E-state index contributed by atoms with van der Waals surface area (Å²) in [6.45, 7) is 0. The standard InChI is InChI=1S/C18H17N3O4/c1-19-15-13-8-3-4-9-14(13)25-17(22)16(15)21-18(23)20-11-6-5-7-12(10-11)24-2/h3-10,19H,1-2H3,(H2,20,21,23). The van der Waals surface area contributed by atoms with Crippen molar-refractivity contribution in [2.75, 3.05) is 30.1 Å². The fraction of sp³-hybridized carbons (Fsp3) is 0.111. The smallest absolute Gasteiger partial charge is 0.362 e. The summed E-state index contributed by atoms with van der Waals surface area (Å²) in [6.07, 6.45) is 0. The lowest BCUT2D eigenvalue weighted by Crippen LogP contribution is -2.24. The van der Waals surface area contributed by atoms with Crippen LogP contribution in [0, 0.1) is 0 Å². The Morgan fingerprint density at radius 1 is 1.04 bits per heavy atom. The van der Waals surface area contributed by atoms with Crippen LogP contribution in [0.15, 0.2) is 57.7 Å². The van der Waals surface area contributed by atoms with Crippen LogP contribution in [-0.4, -0.2) is 20.2 Å². The van der Waals surface area contributed by atoms with Gasteiger partial charge in [0.1, 0.15) is 11.3 Å². The predicted octanol–water partition coefficient (Wildman–Crippen LogP) is 3.49. The van der Waals surface area contributed by atoms with E-state index < -0.39 is 11.7 Å². The first-order valence-electron chi connectivity index (χ1n) is 7.58. The van der Waals surface area contributed by atoms with Crippen LogP contribution in [0.2, 0.25) is 0 Å². The monoisotopic (exact) mass is 339 g/mol. The highest BCUT2D eigenvalue weighted by atomic mass is 16.5. The van der Waals surface area contributed by atoms with Crippen molar-refractivity contribution in [2.24, 2.45) is 0 Å². The Bertz CT molecular complexity index is 981. The first-order chi connectivity index (χ1) is 12.1. The average molecular weight is 339 g/mol. The number of hydrogen-bond acceptors (Lipinski definition) is 5. The molecule has 1 aromatic heterocycles. The molecule has 0 aliphatic rings. The Morgan fingerprint density at radius 2 is 1.84 bits per heavy atom. The van der Waals surface area contributed by atoms with E-state index in [9.17, 15) is 9.59 Å². The van der Waals surface area contributed by atoms with Crippen LogP contribution in [0.5, 0.6) is 5.75 Å². The zero-order valence-electron chi connectivity index (χ0n) is 13.8. The minimum Gasteiger partial charge on any atom is -0.497 e. The van der Waals surface area contributed by atoms with Gasteiger partial charge in [-0.05, 0) is 24.3 Å². The molecule has 7 heteroatoms. The number of benzene rings is 2. The van der Waals surface area contributed by atoms with E-state index in [0.717, 1.165) is 0 Å². The number of methoxy groups -OCH3 is 1. The van der Waals surface area contributed by atoms with Crippen molar-refractivity contribution < 1.29 is 13.9 Å². The van der Waals surface area contributed by atoms with Crippen molar-refractivity contribution in [3.8, 4) is 5.75 Å². The van der Waals surface area contributed by atoms with Gasteiger partial charge in [0.25, 0.3) is 0 Å². The largest absolute Gasteiger partial charge is 0.497 e. The highest BCUT2D eigenvalue weighted by Gasteiger charge is 2.16. The highest BCUT2D eigenvalue weighted by Crippen LogP contribution is 2.28. The van der Waals surface area contributed by atoms with Crippen molar-refractivity contribution in [2.45, 2.75) is 0 Å². The molecular formula is C18H17N3O4. The maximum atomic E-state index is 12.3. The van der Waals surface area contributed by atoms with E-state index in [1.807, 2.05) is 6.07 Å². The summed E-state index contributed by atoms with van der Waals surface area (Å²) in [5.41, 5.74) is 0.877. The van der Waals surface area contributed by atoms with Crippen LogP contribution in [0.1, 0.15) is 0 Å². The molecule has 0 spiro atoms. The Labute approximate surface area is 143 Å². The molecule has 7 nitrogen and oxygen atoms in total. The predicted molar refractivity (Wildman–Crippen MR) is 97.7 cm³/mol. The summed E-state index contributed by atoms with van der Waals surface area (Å²) >= 11 is 0. The van der Waals surface area contributed by atoms with Gasteiger partial charge in [-0.2, -0.15) is 0 Å². The summed E-state index contributed by atoms with van der Waals surface area (Å²) in [5.74, 6) is 0.610. The van der Waals surface area contributed by atoms with Gasteiger partial charge in [-0.3, -0.25) is 5.32 Å². The van der Waals surface area contributed by atoms with Gasteiger partial charge in [-0.1, -0.05) is 18.2 Å². The van der Waals surface area contributed by atoms with Crippen molar-refractivity contribution in [1.82, 2.24) is 0 Å². The fourth-order valence-electron chi connectivity index (χ4n) is 2.50. The molecule has 0 bridgehead atoms. The topological polar surface area (TPSA) is 92.6 Å². The van der Waals surface area contributed by atoms with Crippen LogP contribution < -0.4 is 26.3 Å². The zero-order chi connectivity index (χ0) is 17.8. The second kappa shape index (κ2) is 6.96. The lowest BCUT2D eigenvalue weighted by Gasteiger charge is -2.13. The van der Waals surface area contributed by atoms with Gasteiger partial charge >= 0.3 is 11.7 Å². The fourth-order valence-corrected chi connectivity index (χ4v) is 2.50. The van der Waals surface area contributed by atoms with Gasteiger partial charge in [-0.25, -0.2) is 9.59 Å². The van der Waals surface area contributed by atoms with E-state index in [2.05, 4.69) is 16.0 Å². The number of para-hydroxylation sites is 1. The Kier molecular flexibility index (Phi) is 4.56. The molecule has 2 aromatic carbocycles.